The summed E-state index contributed by atoms with van der Waals surface area (Å²) in [7, 11) is 0. The summed E-state index contributed by atoms with van der Waals surface area (Å²) in [5, 5.41) is 4.79. The maximum Gasteiger partial charge on any atom is 0.341 e. The van der Waals surface area contributed by atoms with Gasteiger partial charge in [-0.25, -0.2) is 9.78 Å². The van der Waals surface area contributed by atoms with Crippen LogP contribution in [-0.2, 0) is 17.6 Å². The van der Waals surface area contributed by atoms with Crippen LogP contribution in [0.3, 0.4) is 0 Å². The molecule has 7 heteroatoms. The van der Waals surface area contributed by atoms with Crippen molar-refractivity contribution in [2.45, 2.75) is 47.5 Å². The first-order chi connectivity index (χ1) is 17.3. The van der Waals surface area contributed by atoms with Crippen LogP contribution in [-0.4, -0.2) is 23.5 Å². The Labute approximate surface area is 220 Å². The first-order valence-electron chi connectivity index (χ1n) is 12.1. The minimum absolute atomic E-state index is 0.263. The van der Waals surface area contributed by atoms with Crippen molar-refractivity contribution in [2.75, 3.05) is 11.9 Å². The van der Waals surface area contributed by atoms with Crippen LogP contribution < -0.4 is 5.32 Å². The molecule has 0 atom stereocenters. The molecule has 1 amide bonds. The number of amides is 1. The molecule has 4 rings (SSSR count). The van der Waals surface area contributed by atoms with Crippen LogP contribution in [0, 0.1) is 13.8 Å². The third-order valence-corrected chi connectivity index (χ3v) is 7.81. The molecule has 2 heterocycles. The fourth-order valence-corrected chi connectivity index (χ4v) is 5.61. The molecule has 0 spiro atoms. The van der Waals surface area contributed by atoms with E-state index in [-0.39, 0.29) is 12.5 Å². The van der Waals surface area contributed by atoms with E-state index in [1.165, 1.54) is 16.9 Å². The maximum absolute atomic E-state index is 13.7. The fraction of sp³-hybridized carbons (Fsp3) is 0.276. The normalized spacial score (nSPS) is 11.1. The van der Waals surface area contributed by atoms with Gasteiger partial charge in [0, 0.05) is 20.8 Å². The molecule has 0 aliphatic carbocycles. The Balaban J connectivity index is 1.85. The van der Waals surface area contributed by atoms with Crippen LogP contribution in [0.5, 0.6) is 0 Å². The van der Waals surface area contributed by atoms with Crippen LogP contribution >= 0.6 is 22.9 Å². The fourth-order valence-electron chi connectivity index (χ4n) is 4.33. The Kier molecular flexibility index (Phi) is 7.76. The number of hydrogen-bond donors (Lipinski definition) is 1. The lowest BCUT2D eigenvalue weighted by atomic mass is 10.0. The summed E-state index contributed by atoms with van der Waals surface area (Å²) in [6, 6.07) is 13.6. The van der Waals surface area contributed by atoms with Gasteiger partial charge in [0.1, 0.15) is 5.00 Å². The van der Waals surface area contributed by atoms with E-state index in [9.17, 15) is 9.59 Å². The van der Waals surface area contributed by atoms with Crippen molar-refractivity contribution in [1.29, 1.82) is 0 Å². The van der Waals surface area contributed by atoms with Gasteiger partial charge >= 0.3 is 5.97 Å². The summed E-state index contributed by atoms with van der Waals surface area (Å²) in [6.45, 7) is 9.98. The van der Waals surface area contributed by atoms with Gasteiger partial charge in [-0.15, -0.1) is 11.3 Å². The molecule has 4 aromatic rings. The van der Waals surface area contributed by atoms with Gasteiger partial charge in [0.25, 0.3) is 5.91 Å². The number of thiophene rings is 1. The summed E-state index contributed by atoms with van der Waals surface area (Å²) in [5.74, 6) is -0.738. The van der Waals surface area contributed by atoms with Crippen molar-refractivity contribution in [1.82, 2.24) is 4.98 Å². The molecule has 0 aliphatic rings. The molecule has 186 valence electrons. The predicted octanol–water partition coefficient (Wildman–Crippen LogP) is 7.79. The van der Waals surface area contributed by atoms with Crippen LogP contribution in [0.25, 0.3) is 22.2 Å². The van der Waals surface area contributed by atoms with Gasteiger partial charge in [0.2, 0.25) is 0 Å². The quantitative estimate of drug-likeness (QED) is 0.252. The number of esters is 1. The molecule has 1 N–H and O–H groups in total. The van der Waals surface area contributed by atoms with Crippen molar-refractivity contribution < 1.29 is 14.3 Å². The lowest BCUT2D eigenvalue weighted by Crippen LogP contribution is -2.16. The highest BCUT2D eigenvalue weighted by Gasteiger charge is 2.25. The number of rotatable bonds is 7. The minimum Gasteiger partial charge on any atom is -0.462 e. The lowest BCUT2D eigenvalue weighted by molar-refractivity contribution is 0.0527. The number of fused-ring (bicyclic) bond motifs is 1. The zero-order valence-electron chi connectivity index (χ0n) is 21.1. The molecule has 0 saturated heterocycles. The number of carbonyl (C=O) groups is 2. The van der Waals surface area contributed by atoms with Gasteiger partial charge in [0.15, 0.2) is 0 Å². The molecule has 0 bridgehead atoms. The number of benzene rings is 2. The Morgan fingerprint density at radius 3 is 2.39 bits per heavy atom. The average Bonchev–Trinajstić information content (AvgIpc) is 3.20. The summed E-state index contributed by atoms with van der Waals surface area (Å²) in [6.07, 6.45) is 1.61. The van der Waals surface area contributed by atoms with E-state index in [2.05, 4.69) is 24.4 Å². The Morgan fingerprint density at radius 1 is 1.03 bits per heavy atom. The van der Waals surface area contributed by atoms with E-state index in [1.807, 2.05) is 39.0 Å². The van der Waals surface area contributed by atoms with Gasteiger partial charge in [-0.2, -0.15) is 0 Å². The molecule has 5 nitrogen and oxygen atoms in total. The molecular weight excluding hydrogens is 492 g/mol. The number of nitrogens with zero attached hydrogens (tertiary/aromatic N) is 1. The molecule has 0 radical (unpaired) electrons. The highest BCUT2D eigenvalue weighted by Crippen LogP contribution is 2.36. The lowest BCUT2D eigenvalue weighted by Gasteiger charge is -2.13. The molecule has 0 fully saturated rings. The smallest absolute Gasteiger partial charge is 0.341 e. The summed E-state index contributed by atoms with van der Waals surface area (Å²) in [5.41, 5.74) is 6.10. The summed E-state index contributed by atoms with van der Waals surface area (Å²) >= 11 is 7.81. The Hall–Kier alpha value is -3.22. The number of aryl methyl sites for hydroxylation is 3. The maximum atomic E-state index is 13.7. The van der Waals surface area contributed by atoms with E-state index in [0.29, 0.717) is 44.2 Å². The number of nitrogens with one attached hydrogen (secondary N) is 1. The van der Waals surface area contributed by atoms with Crippen molar-refractivity contribution in [2.24, 2.45) is 0 Å². The van der Waals surface area contributed by atoms with Crippen LogP contribution in [0.2, 0.25) is 5.02 Å². The van der Waals surface area contributed by atoms with Crippen LogP contribution in [0.4, 0.5) is 5.00 Å². The van der Waals surface area contributed by atoms with E-state index in [4.69, 9.17) is 21.3 Å². The van der Waals surface area contributed by atoms with Crippen LogP contribution in [0.15, 0.2) is 42.5 Å². The molecule has 36 heavy (non-hydrogen) atoms. The first kappa shape index (κ1) is 25.9. The Morgan fingerprint density at radius 2 is 1.75 bits per heavy atom. The van der Waals surface area contributed by atoms with E-state index in [0.717, 1.165) is 28.0 Å². The highest BCUT2D eigenvalue weighted by atomic mass is 35.5. The SMILES string of the molecule is CCOC(=O)c1c(NC(=O)c2cc(-c3ccc(CC)cc3)nc3c(C)c(Cl)ccc23)sc(C)c1CC. The monoisotopic (exact) mass is 520 g/mol. The number of carbonyl (C=O) groups excluding carboxylic acids is 2. The third-order valence-electron chi connectivity index (χ3n) is 6.34. The van der Waals surface area contributed by atoms with Crippen LogP contribution in [0.1, 0.15) is 63.1 Å². The van der Waals surface area contributed by atoms with E-state index in [1.54, 1.807) is 19.1 Å². The second-order valence-corrected chi connectivity index (χ2v) is 10.2. The number of hydrogen-bond acceptors (Lipinski definition) is 5. The second-order valence-electron chi connectivity index (χ2n) is 8.54. The number of ether oxygens (including phenoxy) is 1. The topological polar surface area (TPSA) is 68.3 Å². The molecule has 0 aliphatic heterocycles. The van der Waals surface area contributed by atoms with Crippen molar-refractivity contribution in [3.8, 4) is 11.3 Å². The molecule has 2 aromatic heterocycles. The zero-order valence-corrected chi connectivity index (χ0v) is 22.7. The third kappa shape index (κ3) is 4.88. The van der Waals surface area contributed by atoms with Crippen molar-refractivity contribution >= 4 is 50.7 Å². The number of halogens is 1. The van der Waals surface area contributed by atoms with E-state index >= 15 is 0 Å². The van der Waals surface area contributed by atoms with E-state index < -0.39 is 5.97 Å². The highest BCUT2D eigenvalue weighted by molar-refractivity contribution is 7.16. The standard InChI is InChI=1S/C29H29ClN2O3S/c1-6-18-9-11-19(12-10-18)24-15-22(21-13-14-23(30)16(4)26(21)31-24)27(33)32-28-25(29(34)35-8-3)20(7-2)17(5)36-28/h9-15H,6-8H2,1-5H3,(H,32,33). The summed E-state index contributed by atoms with van der Waals surface area (Å²) in [4.78, 5) is 32.4. The minimum atomic E-state index is -0.423. The molecule has 0 unspecified atom stereocenters. The molecule has 2 aromatic carbocycles. The van der Waals surface area contributed by atoms with Gasteiger partial charge in [-0.05, 0) is 62.4 Å². The van der Waals surface area contributed by atoms with Crippen molar-refractivity contribution in [3.05, 3.63) is 80.2 Å². The van der Waals surface area contributed by atoms with Gasteiger partial charge in [-0.3, -0.25) is 4.79 Å². The predicted molar refractivity (Wildman–Crippen MR) is 149 cm³/mol. The molecular formula is C29H29ClN2O3S. The average molecular weight is 521 g/mol. The zero-order chi connectivity index (χ0) is 26.0. The summed E-state index contributed by atoms with van der Waals surface area (Å²) < 4.78 is 5.30. The number of anilines is 1. The largest absolute Gasteiger partial charge is 0.462 e. The number of pyridine rings is 1. The van der Waals surface area contributed by atoms with Crippen molar-refractivity contribution in [3.63, 3.8) is 0 Å². The first-order valence-corrected chi connectivity index (χ1v) is 13.3. The second kappa shape index (κ2) is 10.8. The van der Waals surface area contributed by atoms with Gasteiger partial charge in [0.05, 0.1) is 28.9 Å². The van der Waals surface area contributed by atoms with Gasteiger partial charge < -0.3 is 10.1 Å². The Bertz CT molecular complexity index is 1460. The van der Waals surface area contributed by atoms with Gasteiger partial charge in [-0.1, -0.05) is 55.8 Å². The number of aromatic nitrogens is 1. The molecule has 0 saturated carbocycles.